The lowest BCUT2D eigenvalue weighted by atomic mass is 9.90. The third-order valence-corrected chi connectivity index (χ3v) is 3.76. The van der Waals surface area contributed by atoms with Gasteiger partial charge in [0.2, 0.25) is 0 Å². The first kappa shape index (κ1) is 12.9. The average Bonchev–Trinajstić information content (AvgIpc) is 2.49. The number of carbonyl (C=O) groups excluding carboxylic acids is 1. The molecule has 102 valence electrons. The van der Waals surface area contributed by atoms with E-state index in [0.29, 0.717) is 13.0 Å². The Balaban J connectivity index is 1.69. The first-order chi connectivity index (χ1) is 9.84. The van der Waals surface area contributed by atoms with Gasteiger partial charge in [0.1, 0.15) is 5.75 Å². The van der Waals surface area contributed by atoms with E-state index in [1.807, 2.05) is 36.4 Å². The maximum Gasteiger partial charge on any atom is 0.163 e. The van der Waals surface area contributed by atoms with E-state index in [1.165, 1.54) is 5.56 Å². The van der Waals surface area contributed by atoms with E-state index in [-0.39, 0.29) is 5.78 Å². The van der Waals surface area contributed by atoms with Crippen molar-refractivity contribution in [3.63, 3.8) is 0 Å². The lowest BCUT2D eigenvalue weighted by molar-refractivity contribution is 0.0971. The molecule has 0 atom stereocenters. The molecule has 0 radical (unpaired) electrons. The molecule has 0 spiro atoms. The third kappa shape index (κ3) is 2.74. The topological polar surface area (TPSA) is 26.3 Å². The van der Waals surface area contributed by atoms with E-state index in [4.69, 9.17) is 4.74 Å². The molecule has 3 rings (SSSR count). The zero-order valence-electron chi connectivity index (χ0n) is 11.5. The third-order valence-electron chi connectivity index (χ3n) is 3.76. The SMILES string of the molecule is O=C1CCCc2c(OCCc3ccccc3)cccc21. The molecule has 0 N–H and O–H groups in total. The minimum atomic E-state index is 0.250. The zero-order chi connectivity index (χ0) is 13.8. The maximum atomic E-state index is 11.9. The number of benzene rings is 2. The standard InChI is InChI=1S/C18H18O2/c19-17-10-4-9-16-15(17)8-5-11-18(16)20-13-12-14-6-2-1-3-7-14/h1-3,5-8,11H,4,9-10,12-13H2. The number of carbonyl (C=O) groups is 1. The van der Waals surface area contributed by atoms with Gasteiger partial charge in [-0.3, -0.25) is 4.79 Å². The summed E-state index contributed by atoms with van der Waals surface area (Å²) < 4.78 is 5.90. The van der Waals surface area contributed by atoms with E-state index in [2.05, 4.69) is 12.1 Å². The molecule has 0 unspecified atom stereocenters. The summed E-state index contributed by atoms with van der Waals surface area (Å²) in [6, 6.07) is 16.1. The van der Waals surface area contributed by atoms with Gasteiger partial charge in [0.05, 0.1) is 6.61 Å². The van der Waals surface area contributed by atoms with Crippen LogP contribution in [0.2, 0.25) is 0 Å². The summed E-state index contributed by atoms with van der Waals surface area (Å²) in [7, 11) is 0. The zero-order valence-corrected chi connectivity index (χ0v) is 11.5. The number of rotatable bonds is 4. The van der Waals surface area contributed by atoms with Crippen molar-refractivity contribution in [2.24, 2.45) is 0 Å². The van der Waals surface area contributed by atoms with Crippen LogP contribution in [0.4, 0.5) is 0 Å². The van der Waals surface area contributed by atoms with Crippen molar-refractivity contribution in [3.8, 4) is 5.75 Å². The summed E-state index contributed by atoms with van der Waals surface area (Å²) in [5.74, 6) is 1.13. The van der Waals surface area contributed by atoms with Crippen molar-refractivity contribution in [2.45, 2.75) is 25.7 Å². The Labute approximate surface area is 119 Å². The minimum Gasteiger partial charge on any atom is -0.493 e. The molecular weight excluding hydrogens is 248 g/mol. The van der Waals surface area contributed by atoms with Gasteiger partial charge in [-0.15, -0.1) is 0 Å². The Kier molecular flexibility index (Phi) is 3.82. The van der Waals surface area contributed by atoms with Gasteiger partial charge in [0.25, 0.3) is 0 Å². The fraction of sp³-hybridized carbons (Fsp3) is 0.278. The van der Waals surface area contributed by atoms with Crippen molar-refractivity contribution < 1.29 is 9.53 Å². The van der Waals surface area contributed by atoms with Crippen LogP contribution in [0.25, 0.3) is 0 Å². The number of Topliss-reactive ketones (excluding diaryl/α,β-unsaturated/α-hetero) is 1. The van der Waals surface area contributed by atoms with Gasteiger partial charge in [0.15, 0.2) is 5.78 Å². The highest BCUT2D eigenvalue weighted by Crippen LogP contribution is 2.29. The second-order valence-electron chi connectivity index (χ2n) is 5.14. The van der Waals surface area contributed by atoms with Crippen LogP contribution in [0.3, 0.4) is 0 Å². The molecule has 2 heteroatoms. The van der Waals surface area contributed by atoms with Crippen LogP contribution < -0.4 is 4.74 Å². The molecule has 0 aromatic heterocycles. The number of hydrogen-bond acceptors (Lipinski definition) is 2. The van der Waals surface area contributed by atoms with E-state index in [1.54, 1.807) is 0 Å². The van der Waals surface area contributed by atoms with E-state index >= 15 is 0 Å². The van der Waals surface area contributed by atoms with E-state index in [9.17, 15) is 4.79 Å². The van der Waals surface area contributed by atoms with Gasteiger partial charge in [-0.05, 0) is 24.5 Å². The van der Waals surface area contributed by atoms with Gasteiger partial charge >= 0.3 is 0 Å². The second kappa shape index (κ2) is 5.91. The number of ketones is 1. The van der Waals surface area contributed by atoms with Gasteiger partial charge in [-0.25, -0.2) is 0 Å². The Morgan fingerprint density at radius 2 is 1.80 bits per heavy atom. The molecule has 0 saturated heterocycles. The lowest BCUT2D eigenvalue weighted by Gasteiger charge is -2.18. The molecule has 1 aliphatic rings. The predicted octanol–water partition coefficient (Wildman–Crippen LogP) is 3.83. The van der Waals surface area contributed by atoms with Crippen LogP contribution in [0.1, 0.15) is 34.3 Å². The maximum absolute atomic E-state index is 11.9. The van der Waals surface area contributed by atoms with Crippen molar-refractivity contribution >= 4 is 5.78 Å². The van der Waals surface area contributed by atoms with Crippen LogP contribution >= 0.6 is 0 Å². The Bertz CT molecular complexity index is 602. The number of fused-ring (bicyclic) bond motifs is 1. The highest BCUT2D eigenvalue weighted by molar-refractivity contribution is 5.99. The van der Waals surface area contributed by atoms with Crippen LogP contribution in [0.5, 0.6) is 5.75 Å². The van der Waals surface area contributed by atoms with E-state index in [0.717, 1.165) is 36.1 Å². The highest BCUT2D eigenvalue weighted by Gasteiger charge is 2.19. The molecule has 0 aliphatic heterocycles. The van der Waals surface area contributed by atoms with Crippen LogP contribution in [0, 0.1) is 0 Å². The summed E-state index contributed by atoms with van der Waals surface area (Å²) in [6.45, 7) is 0.647. The molecule has 0 amide bonds. The Hall–Kier alpha value is -2.09. The first-order valence-corrected chi connectivity index (χ1v) is 7.16. The fourth-order valence-electron chi connectivity index (χ4n) is 2.70. The van der Waals surface area contributed by atoms with Crippen molar-refractivity contribution in [3.05, 3.63) is 65.2 Å². The molecular formula is C18H18O2. The molecule has 20 heavy (non-hydrogen) atoms. The molecule has 2 aromatic rings. The molecule has 0 heterocycles. The first-order valence-electron chi connectivity index (χ1n) is 7.16. The van der Waals surface area contributed by atoms with Crippen LogP contribution in [0.15, 0.2) is 48.5 Å². The predicted molar refractivity (Wildman–Crippen MR) is 79.4 cm³/mol. The normalized spacial score (nSPS) is 13.9. The van der Waals surface area contributed by atoms with Crippen molar-refractivity contribution in [1.29, 1.82) is 0 Å². The number of hydrogen-bond donors (Lipinski definition) is 0. The molecule has 0 fully saturated rings. The minimum absolute atomic E-state index is 0.250. The second-order valence-corrected chi connectivity index (χ2v) is 5.14. The average molecular weight is 266 g/mol. The summed E-state index contributed by atoms with van der Waals surface area (Å²) in [5, 5.41) is 0. The lowest BCUT2D eigenvalue weighted by Crippen LogP contribution is -2.13. The van der Waals surface area contributed by atoms with Crippen molar-refractivity contribution in [1.82, 2.24) is 0 Å². The summed E-state index contributed by atoms with van der Waals surface area (Å²) in [5.41, 5.74) is 3.22. The summed E-state index contributed by atoms with van der Waals surface area (Å²) >= 11 is 0. The smallest absolute Gasteiger partial charge is 0.163 e. The largest absolute Gasteiger partial charge is 0.493 e. The van der Waals surface area contributed by atoms with Gasteiger partial charge in [0, 0.05) is 24.0 Å². The quantitative estimate of drug-likeness (QED) is 0.840. The Morgan fingerprint density at radius 1 is 0.950 bits per heavy atom. The number of ether oxygens (including phenoxy) is 1. The van der Waals surface area contributed by atoms with Crippen LogP contribution in [-0.2, 0) is 12.8 Å². The van der Waals surface area contributed by atoms with E-state index < -0.39 is 0 Å². The van der Waals surface area contributed by atoms with Crippen molar-refractivity contribution in [2.75, 3.05) is 6.61 Å². The summed E-state index contributed by atoms with van der Waals surface area (Å²) in [6.07, 6.45) is 3.44. The monoisotopic (exact) mass is 266 g/mol. The van der Waals surface area contributed by atoms with Gasteiger partial charge in [-0.2, -0.15) is 0 Å². The summed E-state index contributed by atoms with van der Waals surface area (Å²) in [4.78, 5) is 11.9. The molecule has 0 bridgehead atoms. The Morgan fingerprint density at radius 3 is 2.65 bits per heavy atom. The highest BCUT2D eigenvalue weighted by atomic mass is 16.5. The molecule has 2 nitrogen and oxygen atoms in total. The van der Waals surface area contributed by atoms with Crippen LogP contribution in [-0.4, -0.2) is 12.4 Å². The van der Waals surface area contributed by atoms with Gasteiger partial charge < -0.3 is 4.74 Å². The molecule has 2 aromatic carbocycles. The van der Waals surface area contributed by atoms with Gasteiger partial charge in [-0.1, -0.05) is 42.5 Å². The molecule has 1 aliphatic carbocycles. The molecule has 0 saturated carbocycles. The fourth-order valence-corrected chi connectivity index (χ4v) is 2.70.